The number of nitrogens with one attached hydrogen (secondary N) is 2. The molecule has 0 spiro atoms. The molecule has 0 saturated carbocycles. The number of hydrogen-bond donors (Lipinski definition) is 2. The van der Waals surface area contributed by atoms with Gasteiger partial charge in [0, 0.05) is 24.4 Å². The lowest BCUT2D eigenvalue weighted by atomic mass is 10.2. The first-order valence-corrected chi connectivity index (χ1v) is 7.79. The molecule has 25 heavy (non-hydrogen) atoms. The molecule has 2 aromatic rings. The predicted octanol–water partition coefficient (Wildman–Crippen LogP) is 3.31. The minimum atomic E-state index is -0.408. The van der Waals surface area contributed by atoms with Crippen molar-refractivity contribution in [3.8, 4) is 11.5 Å². The van der Waals surface area contributed by atoms with Crippen LogP contribution in [0, 0.1) is 6.92 Å². The second-order valence-corrected chi connectivity index (χ2v) is 5.44. The topological polar surface area (TPSA) is 85.4 Å². The average Bonchev–Trinajstić information content (AvgIpc) is 2.60. The molecule has 0 aliphatic rings. The molecule has 0 bridgehead atoms. The van der Waals surface area contributed by atoms with Crippen molar-refractivity contribution in [1.29, 1.82) is 0 Å². The van der Waals surface area contributed by atoms with Gasteiger partial charge in [0.25, 0.3) is 5.91 Å². The summed E-state index contributed by atoms with van der Waals surface area (Å²) in [6.07, 6.45) is 1.68. The molecular formula is C17H19ClN4O3. The van der Waals surface area contributed by atoms with Crippen LogP contribution in [0.25, 0.3) is 0 Å². The molecule has 0 atom stereocenters. The third kappa shape index (κ3) is 4.60. The molecule has 1 aromatic carbocycles. The molecule has 0 aliphatic carbocycles. The summed E-state index contributed by atoms with van der Waals surface area (Å²) >= 11 is 6.07. The molecule has 1 aromatic heterocycles. The van der Waals surface area contributed by atoms with Gasteiger partial charge in [0.15, 0.2) is 0 Å². The summed E-state index contributed by atoms with van der Waals surface area (Å²) in [6, 6.07) is 4.75. The van der Waals surface area contributed by atoms with E-state index in [9.17, 15) is 4.79 Å². The van der Waals surface area contributed by atoms with E-state index in [1.54, 1.807) is 31.2 Å². The number of aryl methyl sites for hydroxylation is 1. The van der Waals surface area contributed by atoms with Gasteiger partial charge in [-0.25, -0.2) is 9.97 Å². The standard InChI is InChI=1S/C17H19ClN4O3/c1-5-6-19-17-20-10(2)7-13(22-17)16(23)21-12-9-14(24-3)11(18)8-15(12)25-4/h5,7-9H,1,6H2,2-4H3,(H,21,23)(H,19,20,22). The van der Waals surface area contributed by atoms with Gasteiger partial charge >= 0.3 is 0 Å². The molecule has 0 aliphatic heterocycles. The first kappa shape index (κ1) is 18.5. The van der Waals surface area contributed by atoms with Crippen molar-refractivity contribution < 1.29 is 14.3 Å². The molecule has 7 nitrogen and oxygen atoms in total. The first-order valence-electron chi connectivity index (χ1n) is 7.41. The Morgan fingerprint density at radius 3 is 2.60 bits per heavy atom. The highest BCUT2D eigenvalue weighted by Gasteiger charge is 2.16. The number of carbonyl (C=O) groups excluding carboxylic acids is 1. The number of anilines is 2. The van der Waals surface area contributed by atoms with Gasteiger partial charge in [-0.15, -0.1) is 6.58 Å². The lowest BCUT2D eigenvalue weighted by Gasteiger charge is -2.13. The van der Waals surface area contributed by atoms with E-state index < -0.39 is 5.91 Å². The van der Waals surface area contributed by atoms with Gasteiger partial charge in [0.2, 0.25) is 5.95 Å². The summed E-state index contributed by atoms with van der Waals surface area (Å²) in [6.45, 7) is 5.89. The number of benzene rings is 1. The Balaban J connectivity index is 2.30. The van der Waals surface area contributed by atoms with Crippen LogP contribution in [-0.2, 0) is 0 Å². The van der Waals surface area contributed by atoms with Gasteiger partial charge < -0.3 is 20.1 Å². The van der Waals surface area contributed by atoms with E-state index in [4.69, 9.17) is 21.1 Å². The molecular weight excluding hydrogens is 344 g/mol. The Morgan fingerprint density at radius 1 is 1.24 bits per heavy atom. The number of ether oxygens (including phenoxy) is 2. The van der Waals surface area contributed by atoms with Crippen molar-refractivity contribution in [2.24, 2.45) is 0 Å². The highest BCUT2D eigenvalue weighted by Crippen LogP contribution is 2.36. The summed E-state index contributed by atoms with van der Waals surface area (Å²) in [5.41, 5.74) is 1.30. The summed E-state index contributed by atoms with van der Waals surface area (Å²) < 4.78 is 10.4. The minimum Gasteiger partial charge on any atom is -0.495 e. The van der Waals surface area contributed by atoms with Crippen molar-refractivity contribution in [2.75, 3.05) is 31.4 Å². The molecule has 0 unspecified atom stereocenters. The van der Waals surface area contributed by atoms with Crippen LogP contribution in [0.1, 0.15) is 16.2 Å². The van der Waals surface area contributed by atoms with Crippen LogP contribution < -0.4 is 20.1 Å². The number of halogens is 1. The smallest absolute Gasteiger partial charge is 0.274 e. The van der Waals surface area contributed by atoms with E-state index in [1.807, 2.05) is 0 Å². The second kappa shape index (κ2) is 8.34. The molecule has 1 heterocycles. The SMILES string of the molecule is C=CCNc1nc(C)cc(C(=O)Nc2cc(OC)c(Cl)cc2OC)n1. The van der Waals surface area contributed by atoms with E-state index in [1.165, 1.54) is 14.2 Å². The fourth-order valence-electron chi connectivity index (χ4n) is 2.07. The number of hydrogen-bond acceptors (Lipinski definition) is 6. The zero-order chi connectivity index (χ0) is 18.4. The Morgan fingerprint density at radius 2 is 1.96 bits per heavy atom. The van der Waals surface area contributed by atoms with Crippen molar-refractivity contribution in [1.82, 2.24) is 9.97 Å². The highest BCUT2D eigenvalue weighted by molar-refractivity contribution is 6.32. The van der Waals surface area contributed by atoms with Crippen LogP contribution in [0.5, 0.6) is 11.5 Å². The minimum absolute atomic E-state index is 0.218. The Hall–Kier alpha value is -2.80. The summed E-state index contributed by atoms with van der Waals surface area (Å²) in [5, 5.41) is 6.09. The number of carbonyl (C=O) groups is 1. The zero-order valence-corrected chi connectivity index (χ0v) is 15.0. The van der Waals surface area contributed by atoms with E-state index in [0.717, 1.165) is 0 Å². The fraction of sp³-hybridized carbons (Fsp3) is 0.235. The summed E-state index contributed by atoms with van der Waals surface area (Å²) in [5.74, 6) is 0.778. The zero-order valence-electron chi connectivity index (χ0n) is 14.2. The molecule has 1 amide bonds. The Kier molecular flexibility index (Phi) is 6.19. The summed E-state index contributed by atoms with van der Waals surface area (Å²) in [4.78, 5) is 21.0. The lowest BCUT2D eigenvalue weighted by Crippen LogP contribution is -2.16. The second-order valence-electron chi connectivity index (χ2n) is 5.03. The molecule has 0 radical (unpaired) electrons. The third-order valence-electron chi connectivity index (χ3n) is 3.21. The maximum absolute atomic E-state index is 12.6. The third-order valence-corrected chi connectivity index (χ3v) is 3.51. The van der Waals surface area contributed by atoms with Gasteiger partial charge in [0.05, 0.1) is 24.9 Å². The van der Waals surface area contributed by atoms with Gasteiger partial charge in [0.1, 0.15) is 17.2 Å². The van der Waals surface area contributed by atoms with E-state index >= 15 is 0 Å². The monoisotopic (exact) mass is 362 g/mol. The van der Waals surface area contributed by atoms with E-state index in [-0.39, 0.29) is 5.69 Å². The molecule has 0 saturated heterocycles. The first-order chi connectivity index (χ1) is 12.0. The van der Waals surface area contributed by atoms with Crippen LogP contribution in [0.3, 0.4) is 0 Å². The maximum atomic E-state index is 12.6. The van der Waals surface area contributed by atoms with E-state index in [2.05, 4.69) is 27.2 Å². The van der Waals surface area contributed by atoms with Crippen molar-refractivity contribution in [2.45, 2.75) is 6.92 Å². The Bertz CT molecular complexity index is 796. The van der Waals surface area contributed by atoms with Crippen LogP contribution in [0.15, 0.2) is 30.9 Å². The van der Waals surface area contributed by atoms with Crippen molar-refractivity contribution in [3.63, 3.8) is 0 Å². The van der Waals surface area contributed by atoms with Crippen LogP contribution >= 0.6 is 11.6 Å². The number of methoxy groups -OCH3 is 2. The average molecular weight is 363 g/mol. The van der Waals surface area contributed by atoms with E-state index in [0.29, 0.717) is 40.4 Å². The number of rotatable bonds is 7. The lowest BCUT2D eigenvalue weighted by molar-refractivity contribution is 0.102. The highest BCUT2D eigenvalue weighted by atomic mass is 35.5. The normalized spacial score (nSPS) is 10.1. The molecule has 0 fully saturated rings. The maximum Gasteiger partial charge on any atom is 0.274 e. The molecule has 8 heteroatoms. The van der Waals surface area contributed by atoms with Gasteiger partial charge in [-0.2, -0.15) is 0 Å². The number of aromatic nitrogens is 2. The van der Waals surface area contributed by atoms with Crippen LogP contribution in [0.2, 0.25) is 5.02 Å². The summed E-state index contributed by atoms with van der Waals surface area (Å²) in [7, 11) is 2.98. The quantitative estimate of drug-likeness (QED) is 0.735. The Labute approximate surface area is 151 Å². The molecule has 2 rings (SSSR count). The number of amides is 1. The number of nitrogens with zero attached hydrogens (tertiary/aromatic N) is 2. The van der Waals surface area contributed by atoms with Crippen LogP contribution in [0.4, 0.5) is 11.6 Å². The van der Waals surface area contributed by atoms with Crippen LogP contribution in [-0.4, -0.2) is 36.6 Å². The van der Waals surface area contributed by atoms with Gasteiger partial charge in [-0.3, -0.25) is 4.79 Å². The van der Waals surface area contributed by atoms with Crippen molar-refractivity contribution >= 4 is 29.1 Å². The largest absolute Gasteiger partial charge is 0.495 e. The van der Waals surface area contributed by atoms with Crippen molar-refractivity contribution in [3.05, 3.63) is 47.3 Å². The van der Waals surface area contributed by atoms with Gasteiger partial charge in [-0.05, 0) is 13.0 Å². The predicted molar refractivity (Wildman–Crippen MR) is 98.0 cm³/mol. The molecule has 2 N–H and O–H groups in total. The van der Waals surface area contributed by atoms with Gasteiger partial charge in [-0.1, -0.05) is 17.7 Å². The molecule has 132 valence electrons. The fourth-order valence-corrected chi connectivity index (χ4v) is 2.30.